The molecule has 0 aromatic carbocycles. The van der Waals surface area contributed by atoms with Crippen LogP contribution < -0.4 is 4.90 Å². The molecule has 132 valence electrons. The Morgan fingerprint density at radius 2 is 2.12 bits per heavy atom. The van der Waals surface area contributed by atoms with Crippen LogP contribution in [0.5, 0.6) is 0 Å². The first kappa shape index (κ1) is 17.4. The van der Waals surface area contributed by atoms with Crippen LogP contribution in [0.1, 0.15) is 50.0 Å². The Bertz CT molecular complexity index is 729. The van der Waals surface area contributed by atoms with E-state index < -0.39 is 0 Å². The predicted octanol–water partition coefficient (Wildman–Crippen LogP) is 2.56. The van der Waals surface area contributed by atoms with Gasteiger partial charge in [0.25, 0.3) is 0 Å². The van der Waals surface area contributed by atoms with Crippen LogP contribution in [0.4, 0.5) is 5.82 Å². The highest BCUT2D eigenvalue weighted by Gasteiger charge is 2.27. The zero-order valence-corrected chi connectivity index (χ0v) is 14.9. The number of aryl methyl sites for hydroxylation is 1. The molecule has 1 atom stereocenters. The second kappa shape index (κ2) is 8.08. The molecule has 7 heteroatoms. The molecular weight excluding hydrogens is 316 g/mol. The molecule has 0 amide bonds. The number of nitrogens with zero attached hydrogens (tertiary/aromatic N) is 6. The molecule has 7 nitrogen and oxygen atoms in total. The van der Waals surface area contributed by atoms with Crippen molar-refractivity contribution in [2.75, 3.05) is 31.1 Å². The molecule has 1 aliphatic heterocycles. The average Bonchev–Trinajstić information content (AvgIpc) is 3.15. The maximum Gasteiger partial charge on any atom is 0.243 e. The Morgan fingerprint density at radius 3 is 2.84 bits per heavy atom. The van der Waals surface area contributed by atoms with Crippen molar-refractivity contribution < 1.29 is 4.52 Å². The predicted molar refractivity (Wildman–Crippen MR) is 94.1 cm³/mol. The molecule has 3 heterocycles. The molecule has 3 rings (SSSR count). The monoisotopic (exact) mass is 340 g/mol. The number of aromatic nitrogens is 3. The van der Waals surface area contributed by atoms with E-state index in [0.717, 1.165) is 57.1 Å². The molecule has 1 aliphatic rings. The topological polar surface area (TPSA) is 82.1 Å². The summed E-state index contributed by atoms with van der Waals surface area (Å²) in [4.78, 5) is 13.4. The van der Waals surface area contributed by atoms with Crippen molar-refractivity contribution in [2.24, 2.45) is 0 Å². The van der Waals surface area contributed by atoms with Crippen LogP contribution >= 0.6 is 0 Å². The molecule has 0 spiro atoms. The fourth-order valence-electron chi connectivity index (χ4n) is 3.09. The van der Waals surface area contributed by atoms with Gasteiger partial charge in [0.15, 0.2) is 5.82 Å². The second-order valence-electron chi connectivity index (χ2n) is 6.34. The SMILES string of the molecule is CCCCc1noc(C(C)N2CCN(c3ncccc3C#N)CC2)n1. The lowest BCUT2D eigenvalue weighted by Gasteiger charge is -2.37. The summed E-state index contributed by atoms with van der Waals surface area (Å²) in [5, 5.41) is 13.3. The zero-order valence-electron chi connectivity index (χ0n) is 14.9. The van der Waals surface area contributed by atoms with E-state index in [-0.39, 0.29) is 6.04 Å². The van der Waals surface area contributed by atoms with Gasteiger partial charge in [0.05, 0.1) is 11.6 Å². The molecule has 2 aromatic heterocycles. The number of rotatable bonds is 6. The van der Waals surface area contributed by atoms with Crippen molar-refractivity contribution in [2.45, 2.75) is 39.2 Å². The molecule has 1 unspecified atom stereocenters. The summed E-state index contributed by atoms with van der Waals surface area (Å²) in [6, 6.07) is 5.93. The zero-order chi connectivity index (χ0) is 17.6. The third kappa shape index (κ3) is 3.97. The van der Waals surface area contributed by atoms with E-state index in [1.807, 2.05) is 6.07 Å². The molecule has 1 saturated heterocycles. The number of hydrogen-bond acceptors (Lipinski definition) is 7. The number of pyridine rings is 1. The normalized spacial score (nSPS) is 16.6. The third-order valence-electron chi connectivity index (χ3n) is 4.66. The third-order valence-corrected chi connectivity index (χ3v) is 4.66. The number of unbranched alkanes of at least 4 members (excludes halogenated alkanes) is 1. The Labute approximate surface area is 148 Å². The van der Waals surface area contributed by atoms with Gasteiger partial charge >= 0.3 is 0 Å². The molecule has 0 bridgehead atoms. The minimum absolute atomic E-state index is 0.101. The molecule has 0 aliphatic carbocycles. The first-order valence-electron chi connectivity index (χ1n) is 8.89. The van der Waals surface area contributed by atoms with Gasteiger partial charge in [-0.15, -0.1) is 0 Å². The van der Waals surface area contributed by atoms with Crippen molar-refractivity contribution >= 4 is 5.82 Å². The number of piperazine rings is 1. The van der Waals surface area contributed by atoms with E-state index in [1.165, 1.54) is 0 Å². The summed E-state index contributed by atoms with van der Waals surface area (Å²) in [5.74, 6) is 2.27. The summed E-state index contributed by atoms with van der Waals surface area (Å²) in [6.07, 6.45) is 4.81. The van der Waals surface area contributed by atoms with E-state index in [4.69, 9.17) is 4.52 Å². The standard InChI is InChI=1S/C18H24N6O/c1-3-4-7-16-21-18(25-22-16)14(2)23-9-11-24(12-10-23)17-15(13-19)6-5-8-20-17/h5-6,8,14H,3-4,7,9-12H2,1-2H3. The van der Waals surface area contributed by atoms with E-state index in [9.17, 15) is 5.26 Å². The van der Waals surface area contributed by atoms with Gasteiger partial charge in [-0.2, -0.15) is 10.2 Å². The lowest BCUT2D eigenvalue weighted by Crippen LogP contribution is -2.47. The van der Waals surface area contributed by atoms with Crippen molar-refractivity contribution in [1.29, 1.82) is 5.26 Å². The highest BCUT2D eigenvalue weighted by molar-refractivity contribution is 5.53. The number of hydrogen-bond donors (Lipinski definition) is 0. The highest BCUT2D eigenvalue weighted by atomic mass is 16.5. The average molecular weight is 340 g/mol. The lowest BCUT2D eigenvalue weighted by molar-refractivity contribution is 0.164. The molecule has 2 aromatic rings. The minimum Gasteiger partial charge on any atom is -0.353 e. The van der Waals surface area contributed by atoms with E-state index in [2.05, 4.69) is 44.8 Å². The van der Waals surface area contributed by atoms with E-state index >= 15 is 0 Å². The van der Waals surface area contributed by atoms with Crippen LogP contribution in [0.3, 0.4) is 0 Å². The van der Waals surface area contributed by atoms with Crippen LogP contribution in [0.25, 0.3) is 0 Å². The smallest absolute Gasteiger partial charge is 0.243 e. The van der Waals surface area contributed by atoms with Crippen molar-refractivity contribution in [3.63, 3.8) is 0 Å². The Hall–Kier alpha value is -2.46. The largest absolute Gasteiger partial charge is 0.353 e. The van der Waals surface area contributed by atoms with Gasteiger partial charge < -0.3 is 9.42 Å². The van der Waals surface area contributed by atoms with Crippen LogP contribution in [0, 0.1) is 11.3 Å². The molecule has 1 fully saturated rings. The van der Waals surface area contributed by atoms with Crippen LogP contribution in [-0.4, -0.2) is 46.2 Å². The first-order valence-corrected chi connectivity index (χ1v) is 8.89. The molecular formula is C18H24N6O. The summed E-state index contributed by atoms with van der Waals surface area (Å²) < 4.78 is 5.45. The maximum absolute atomic E-state index is 9.25. The minimum atomic E-state index is 0.101. The van der Waals surface area contributed by atoms with Gasteiger partial charge in [0.2, 0.25) is 5.89 Å². The quantitative estimate of drug-likeness (QED) is 0.799. The fraction of sp³-hybridized carbons (Fsp3) is 0.556. The summed E-state index contributed by atoms with van der Waals surface area (Å²) >= 11 is 0. The molecule has 25 heavy (non-hydrogen) atoms. The number of nitriles is 1. The highest BCUT2D eigenvalue weighted by Crippen LogP contribution is 2.23. The van der Waals surface area contributed by atoms with Gasteiger partial charge in [0, 0.05) is 38.8 Å². The van der Waals surface area contributed by atoms with Crippen LogP contribution in [0.15, 0.2) is 22.9 Å². The summed E-state index contributed by atoms with van der Waals surface area (Å²) in [5.41, 5.74) is 0.626. The first-order chi connectivity index (χ1) is 12.2. The van der Waals surface area contributed by atoms with Gasteiger partial charge in [-0.1, -0.05) is 18.5 Å². The van der Waals surface area contributed by atoms with E-state index in [0.29, 0.717) is 11.5 Å². The molecule has 0 radical (unpaired) electrons. The van der Waals surface area contributed by atoms with Crippen LogP contribution in [0.2, 0.25) is 0 Å². The van der Waals surface area contributed by atoms with Gasteiger partial charge in [0.1, 0.15) is 11.9 Å². The van der Waals surface area contributed by atoms with Crippen LogP contribution in [-0.2, 0) is 6.42 Å². The Kier molecular flexibility index (Phi) is 5.61. The lowest BCUT2D eigenvalue weighted by atomic mass is 10.2. The summed E-state index contributed by atoms with van der Waals surface area (Å²) in [7, 11) is 0. The second-order valence-corrected chi connectivity index (χ2v) is 6.34. The van der Waals surface area contributed by atoms with Crippen molar-refractivity contribution in [3.8, 4) is 6.07 Å². The van der Waals surface area contributed by atoms with Crippen molar-refractivity contribution in [3.05, 3.63) is 35.6 Å². The van der Waals surface area contributed by atoms with Crippen molar-refractivity contribution in [1.82, 2.24) is 20.0 Å². The Balaban J connectivity index is 1.60. The fourth-order valence-corrected chi connectivity index (χ4v) is 3.09. The molecule has 0 N–H and O–H groups in total. The van der Waals surface area contributed by atoms with Gasteiger partial charge in [-0.05, 0) is 25.5 Å². The van der Waals surface area contributed by atoms with E-state index in [1.54, 1.807) is 12.3 Å². The summed E-state index contributed by atoms with van der Waals surface area (Å²) in [6.45, 7) is 7.65. The van der Waals surface area contributed by atoms with Gasteiger partial charge in [-0.25, -0.2) is 4.98 Å². The molecule has 0 saturated carbocycles. The van der Waals surface area contributed by atoms with Gasteiger partial charge in [-0.3, -0.25) is 4.90 Å². The number of anilines is 1. The Morgan fingerprint density at radius 1 is 1.32 bits per heavy atom. The maximum atomic E-state index is 9.25.